The van der Waals surface area contributed by atoms with E-state index in [1.54, 1.807) is 18.2 Å². The quantitative estimate of drug-likeness (QED) is 0.722. The van der Waals surface area contributed by atoms with Crippen molar-refractivity contribution < 1.29 is 8.42 Å². The van der Waals surface area contributed by atoms with Crippen molar-refractivity contribution in [3.05, 3.63) is 28.7 Å². The van der Waals surface area contributed by atoms with E-state index in [1.165, 1.54) is 0 Å². The molecule has 0 saturated carbocycles. The van der Waals surface area contributed by atoms with Crippen LogP contribution in [0, 0.1) is 6.07 Å². The summed E-state index contributed by atoms with van der Waals surface area (Å²) >= 11 is 3.08. The molecule has 0 aliphatic heterocycles. The fraction of sp³-hybridized carbons (Fsp3) is 0. The summed E-state index contributed by atoms with van der Waals surface area (Å²) in [5, 5.41) is 0. The molecule has 0 fully saturated rings. The van der Waals surface area contributed by atoms with Crippen molar-refractivity contribution in [1.29, 1.82) is 0 Å². The molecule has 1 radical (unpaired) electrons. The monoisotopic (exact) mass is 219 g/mol. The Balaban J connectivity index is 3.28. The second-order valence-electron chi connectivity index (χ2n) is 1.62. The van der Waals surface area contributed by atoms with Crippen molar-refractivity contribution in [3.8, 4) is 0 Å². The molecule has 4 heteroatoms. The Hall–Kier alpha value is -0.350. The van der Waals surface area contributed by atoms with Crippen LogP contribution in [0.25, 0.3) is 0 Å². The molecule has 0 atom stereocenters. The van der Waals surface area contributed by atoms with Crippen molar-refractivity contribution in [1.82, 2.24) is 0 Å². The van der Waals surface area contributed by atoms with Gasteiger partial charge in [-0.15, -0.1) is 0 Å². The molecule has 0 N–H and O–H groups in total. The van der Waals surface area contributed by atoms with Gasteiger partial charge in [-0.05, 0) is 22.0 Å². The van der Waals surface area contributed by atoms with Gasteiger partial charge >= 0.3 is 0 Å². The minimum atomic E-state index is -2.52. The van der Waals surface area contributed by atoms with Crippen LogP contribution in [0.3, 0.4) is 0 Å². The number of thiol groups is 1. The predicted molar refractivity (Wildman–Crippen MR) is 41.6 cm³/mol. The number of hydrogen-bond donors (Lipinski definition) is 1. The maximum Gasteiger partial charge on any atom is 0.170 e. The fourth-order valence-corrected chi connectivity index (χ4v) is 1.68. The van der Waals surface area contributed by atoms with Crippen LogP contribution < -0.4 is 0 Å². The van der Waals surface area contributed by atoms with Crippen LogP contribution in [0.15, 0.2) is 27.6 Å². The zero-order valence-electron chi connectivity index (χ0n) is 4.87. The van der Waals surface area contributed by atoms with Gasteiger partial charge in [0, 0.05) is 10.5 Å². The van der Waals surface area contributed by atoms with Crippen molar-refractivity contribution in [2.24, 2.45) is 0 Å². The second-order valence-corrected chi connectivity index (χ2v) is 3.44. The van der Waals surface area contributed by atoms with Gasteiger partial charge in [0.25, 0.3) is 0 Å². The molecule has 0 saturated heterocycles. The number of halogens is 1. The van der Waals surface area contributed by atoms with E-state index in [9.17, 15) is 8.42 Å². The van der Waals surface area contributed by atoms with Crippen molar-refractivity contribution in [2.45, 2.75) is 4.90 Å². The highest BCUT2D eigenvalue weighted by molar-refractivity contribution is 9.10. The first kappa shape index (κ1) is 7.75. The van der Waals surface area contributed by atoms with E-state index < -0.39 is 10.7 Å². The molecule has 0 heterocycles. The maximum atomic E-state index is 10.4. The highest BCUT2D eigenvalue weighted by Crippen LogP contribution is 2.15. The number of benzene rings is 1. The standard InChI is InChI=1S/C6H4BrO2S/c7-5-3-1-2-4-6(5)10(8)9/h1-3,10H. The molecule has 0 amide bonds. The van der Waals surface area contributed by atoms with Crippen LogP contribution in [0.2, 0.25) is 0 Å². The summed E-state index contributed by atoms with van der Waals surface area (Å²) < 4.78 is 21.4. The van der Waals surface area contributed by atoms with E-state index >= 15 is 0 Å². The van der Waals surface area contributed by atoms with Gasteiger partial charge in [-0.3, -0.25) is 0 Å². The van der Waals surface area contributed by atoms with Crippen molar-refractivity contribution >= 4 is 26.6 Å². The van der Waals surface area contributed by atoms with Gasteiger partial charge in [-0.25, -0.2) is 8.42 Å². The first-order valence-corrected chi connectivity index (χ1v) is 4.49. The molecule has 1 aromatic rings. The van der Waals surface area contributed by atoms with Crippen LogP contribution in [0.4, 0.5) is 0 Å². The summed E-state index contributed by atoms with van der Waals surface area (Å²) in [4.78, 5) is 0.206. The molecule has 0 bridgehead atoms. The summed E-state index contributed by atoms with van der Waals surface area (Å²) in [5.74, 6) is 0. The largest absolute Gasteiger partial charge is 0.227 e. The van der Waals surface area contributed by atoms with Crippen LogP contribution in [-0.4, -0.2) is 8.42 Å². The molecular formula is C6H4BrO2S. The Labute approximate surface area is 69.0 Å². The zero-order chi connectivity index (χ0) is 7.56. The minimum Gasteiger partial charge on any atom is -0.227 e. The third-order valence-electron chi connectivity index (χ3n) is 0.968. The first-order chi connectivity index (χ1) is 4.72. The Morgan fingerprint density at radius 2 is 2.20 bits per heavy atom. The molecule has 0 aliphatic rings. The van der Waals surface area contributed by atoms with Gasteiger partial charge in [0.15, 0.2) is 10.7 Å². The molecule has 1 aromatic carbocycles. The molecular weight excluding hydrogens is 216 g/mol. The molecule has 1 rings (SSSR count). The summed E-state index contributed by atoms with van der Waals surface area (Å²) in [6, 6.07) is 7.53. The van der Waals surface area contributed by atoms with Crippen LogP contribution >= 0.6 is 15.9 Å². The van der Waals surface area contributed by atoms with Gasteiger partial charge in [-0.1, -0.05) is 12.1 Å². The van der Waals surface area contributed by atoms with Gasteiger partial charge in [0.1, 0.15) is 0 Å². The lowest BCUT2D eigenvalue weighted by Gasteiger charge is -1.90. The highest BCUT2D eigenvalue weighted by atomic mass is 79.9. The maximum absolute atomic E-state index is 10.4. The van der Waals surface area contributed by atoms with Gasteiger partial charge < -0.3 is 0 Å². The Kier molecular flexibility index (Phi) is 2.45. The van der Waals surface area contributed by atoms with Crippen LogP contribution in [0.5, 0.6) is 0 Å². The molecule has 2 nitrogen and oxygen atoms in total. The van der Waals surface area contributed by atoms with Gasteiger partial charge in [0.05, 0.1) is 4.90 Å². The lowest BCUT2D eigenvalue weighted by atomic mass is 10.4. The topological polar surface area (TPSA) is 34.1 Å². The first-order valence-electron chi connectivity index (χ1n) is 2.52. The summed E-state index contributed by atoms with van der Waals surface area (Å²) in [6.45, 7) is 0. The number of hydrogen-bond acceptors (Lipinski definition) is 2. The zero-order valence-corrected chi connectivity index (χ0v) is 7.35. The number of rotatable bonds is 1. The highest BCUT2D eigenvalue weighted by Gasteiger charge is 1.98. The lowest BCUT2D eigenvalue weighted by molar-refractivity contribution is 0.614. The van der Waals surface area contributed by atoms with Gasteiger partial charge in [0.2, 0.25) is 0 Å². The Bertz CT molecular complexity index is 298. The molecule has 0 unspecified atom stereocenters. The molecule has 53 valence electrons. The smallest absolute Gasteiger partial charge is 0.170 e. The summed E-state index contributed by atoms with van der Waals surface area (Å²) in [6.07, 6.45) is 0. The van der Waals surface area contributed by atoms with E-state index in [0.29, 0.717) is 4.47 Å². The lowest BCUT2D eigenvalue weighted by Crippen LogP contribution is -1.80. The molecule has 0 aromatic heterocycles. The fourth-order valence-electron chi connectivity index (χ4n) is 0.547. The van der Waals surface area contributed by atoms with Crippen LogP contribution in [0.1, 0.15) is 0 Å². The Morgan fingerprint density at radius 3 is 2.60 bits per heavy atom. The van der Waals surface area contributed by atoms with E-state index in [-0.39, 0.29) is 4.90 Å². The Morgan fingerprint density at radius 1 is 1.50 bits per heavy atom. The minimum absolute atomic E-state index is 0.206. The molecule has 10 heavy (non-hydrogen) atoms. The van der Waals surface area contributed by atoms with E-state index in [0.717, 1.165) is 0 Å². The second kappa shape index (κ2) is 3.16. The predicted octanol–water partition coefficient (Wildman–Crippen LogP) is 1.22. The summed E-state index contributed by atoms with van der Waals surface area (Å²) in [5.41, 5.74) is 0. The average Bonchev–Trinajstić information content (AvgIpc) is 1.88. The van der Waals surface area contributed by atoms with Gasteiger partial charge in [-0.2, -0.15) is 0 Å². The van der Waals surface area contributed by atoms with Crippen molar-refractivity contribution in [2.75, 3.05) is 0 Å². The van der Waals surface area contributed by atoms with E-state index in [4.69, 9.17) is 0 Å². The molecule has 0 spiro atoms. The third kappa shape index (κ3) is 1.58. The third-order valence-corrected chi connectivity index (χ3v) is 2.67. The SMILES string of the molecule is O=[SH](=O)c1[c]cccc1Br. The molecule has 0 aliphatic carbocycles. The van der Waals surface area contributed by atoms with E-state index in [2.05, 4.69) is 22.0 Å². The normalized spacial score (nSPS) is 10.2. The average molecular weight is 220 g/mol. The van der Waals surface area contributed by atoms with Crippen molar-refractivity contribution in [3.63, 3.8) is 0 Å². The van der Waals surface area contributed by atoms with Crippen LogP contribution in [-0.2, 0) is 10.7 Å². The van der Waals surface area contributed by atoms with E-state index in [1.807, 2.05) is 0 Å². The summed E-state index contributed by atoms with van der Waals surface area (Å²) in [7, 11) is -2.52.